The summed E-state index contributed by atoms with van der Waals surface area (Å²) in [5.41, 5.74) is 0.987. The number of nitrogens with one attached hydrogen (secondary N) is 1. The second-order valence-electron chi connectivity index (χ2n) is 5.52. The van der Waals surface area contributed by atoms with Gasteiger partial charge >= 0.3 is 6.09 Å². The van der Waals surface area contributed by atoms with Crippen LogP contribution in [0.5, 0.6) is 0 Å². The second kappa shape index (κ2) is 7.90. The monoisotopic (exact) mass is 277 g/mol. The van der Waals surface area contributed by atoms with Crippen LogP contribution >= 0.6 is 0 Å². The Morgan fingerprint density at radius 3 is 2.75 bits per heavy atom. The molecule has 4 nitrogen and oxygen atoms in total. The van der Waals surface area contributed by atoms with Gasteiger partial charge in [-0.3, -0.25) is 0 Å². The molecule has 0 unspecified atom stereocenters. The fourth-order valence-electron chi connectivity index (χ4n) is 2.76. The third-order valence-electron chi connectivity index (χ3n) is 3.90. The van der Waals surface area contributed by atoms with E-state index >= 15 is 0 Å². The van der Waals surface area contributed by atoms with Crippen LogP contribution in [0.4, 0.5) is 4.79 Å². The summed E-state index contributed by atoms with van der Waals surface area (Å²) in [5, 5.41) is 12.0. The molecule has 0 aromatic heterocycles. The molecule has 0 spiro atoms. The lowest BCUT2D eigenvalue weighted by Crippen LogP contribution is -2.32. The highest BCUT2D eigenvalue weighted by Crippen LogP contribution is 2.28. The Bertz CT molecular complexity index is 407. The first-order valence-electron chi connectivity index (χ1n) is 7.33. The number of alkyl carbamates (subject to hydrolysis) is 1. The standard InChI is InChI=1S/C16H23NO3/c18-11-15-8-4-7-14(9-15)10-17-16(19)20-12-13-5-2-1-3-6-13/h1-3,5-6,14-15,18H,4,7-12H2,(H,17,19)/t14-,15+/m0/s1. The highest BCUT2D eigenvalue weighted by atomic mass is 16.5. The van der Waals surface area contributed by atoms with Crippen LogP contribution in [-0.2, 0) is 11.3 Å². The number of hydrogen-bond donors (Lipinski definition) is 2. The van der Waals surface area contributed by atoms with Crippen LogP contribution in [-0.4, -0.2) is 24.4 Å². The number of rotatable bonds is 5. The molecule has 1 aliphatic rings. The van der Waals surface area contributed by atoms with Crippen molar-refractivity contribution in [1.29, 1.82) is 0 Å². The number of hydrogen-bond acceptors (Lipinski definition) is 3. The molecular weight excluding hydrogens is 254 g/mol. The number of aliphatic hydroxyl groups excluding tert-OH is 1. The maximum Gasteiger partial charge on any atom is 0.407 e. The minimum atomic E-state index is -0.361. The van der Waals surface area contributed by atoms with E-state index < -0.39 is 0 Å². The Kier molecular flexibility index (Phi) is 5.87. The maximum atomic E-state index is 11.6. The third-order valence-corrected chi connectivity index (χ3v) is 3.90. The van der Waals surface area contributed by atoms with E-state index in [1.54, 1.807) is 0 Å². The minimum absolute atomic E-state index is 0.259. The van der Waals surface area contributed by atoms with Gasteiger partial charge in [0.15, 0.2) is 0 Å². The van der Waals surface area contributed by atoms with Crippen LogP contribution in [0.15, 0.2) is 30.3 Å². The zero-order valence-electron chi connectivity index (χ0n) is 11.8. The Labute approximate surface area is 120 Å². The molecule has 1 aromatic rings. The number of amides is 1. The van der Waals surface area contributed by atoms with E-state index in [1.807, 2.05) is 30.3 Å². The molecule has 1 fully saturated rings. The van der Waals surface area contributed by atoms with Crippen molar-refractivity contribution in [2.45, 2.75) is 32.3 Å². The highest BCUT2D eigenvalue weighted by Gasteiger charge is 2.21. The maximum absolute atomic E-state index is 11.6. The second-order valence-corrected chi connectivity index (χ2v) is 5.52. The molecule has 20 heavy (non-hydrogen) atoms. The van der Waals surface area contributed by atoms with Gasteiger partial charge in [0, 0.05) is 13.2 Å². The van der Waals surface area contributed by atoms with Crippen LogP contribution in [0.2, 0.25) is 0 Å². The number of benzene rings is 1. The van der Waals surface area contributed by atoms with Crippen LogP contribution in [0.3, 0.4) is 0 Å². The Balaban J connectivity index is 1.65. The third kappa shape index (κ3) is 4.85. The summed E-state index contributed by atoms with van der Waals surface area (Å²) in [7, 11) is 0. The van der Waals surface area contributed by atoms with E-state index in [9.17, 15) is 9.90 Å². The summed E-state index contributed by atoms with van der Waals surface area (Å²) in [4.78, 5) is 11.6. The van der Waals surface area contributed by atoms with Crippen molar-refractivity contribution in [3.05, 3.63) is 35.9 Å². The van der Waals surface area contributed by atoms with E-state index in [4.69, 9.17) is 4.74 Å². The quantitative estimate of drug-likeness (QED) is 0.870. The van der Waals surface area contributed by atoms with E-state index in [1.165, 1.54) is 0 Å². The van der Waals surface area contributed by atoms with Crippen LogP contribution in [0.1, 0.15) is 31.2 Å². The Hall–Kier alpha value is -1.55. The lowest BCUT2D eigenvalue weighted by atomic mass is 9.82. The number of carbonyl (C=O) groups is 1. The lowest BCUT2D eigenvalue weighted by molar-refractivity contribution is 0.131. The molecule has 1 saturated carbocycles. The summed E-state index contributed by atoms with van der Waals surface area (Å²) < 4.78 is 5.17. The molecule has 0 radical (unpaired) electrons. The average Bonchev–Trinajstić information content (AvgIpc) is 2.52. The number of aliphatic hydroxyl groups is 1. The summed E-state index contributed by atoms with van der Waals surface area (Å²) in [6, 6.07) is 9.64. The molecule has 2 rings (SSSR count). The summed E-state index contributed by atoms with van der Waals surface area (Å²) in [6.07, 6.45) is 3.99. The molecule has 0 saturated heterocycles. The topological polar surface area (TPSA) is 58.6 Å². The molecule has 4 heteroatoms. The van der Waals surface area contributed by atoms with E-state index in [0.29, 0.717) is 25.0 Å². The molecular formula is C16H23NO3. The first-order valence-corrected chi connectivity index (χ1v) is 7.33. The van der Waals surface area contributed by atoms with E-state index in [2.05, 4.69) is 5.32 Å². The zero-order chi connectivity index (χ0) is 14.2. The Morgan fingerprint density at radius 2 is 2.00 bits per heavy atom. The highest BCUT2D eigenvalue weighted by molar-refractivity contribution is 5.67. The molecule has 2 atom stereocenters. The van der Waals surface area contributed by atoms with Gasteiger partial charge in [0.1, 0.15) is 6.61 Å². The molecule has 1 aliphatic carbocycles. The molecule has 110 valence electrons. The van der Waals surface area contributed by atoms with Gasteiger partial charge in [0.05, 0.1) is 0 Å². The van der Waals surface area contributed by atoms with Gasteiger partial charge in [-0.25, -0.2) is 4.79 Å². The first kappa shape index (κ1) is 14.9. The van der Waals surface area contributed by atoms with Crippen molar-refractivity contribution >= 4 is 6.09 Å². The van der Waals surface area contributed by atoms with Gasteiger partial charge in [0.25, 0.3) is 0 Å². The predicted molar refractivity (Wildman–Crippen MR) is 77.2 cm³/mol. The fourth-order valence-corrected chi connectivity index (χ4v) is 2.76. The van der Waals surface area contributed by atoms with Crippen LogP contribution < -0.4 is 5.32 Å². The number of ether oxygens (including phenoxy) is 1. The van der Waals surface area contributed by atoms with Gasteiger partial charge in [-0.1, -0.05) is 36.8 Å². The van der Waals surface area contributed by atoms with Crippen LogP contribution in [0.25, 0.3) is 0 Å². The van der Waals surface area contributed by atoms with Gasteiger partial charge in [-0.05, 0) is 36.7 Å². The summed E-state index contributed by atoms with van der Waals surface area (Å²) >= 11 is 0. The van der Waals surface area contributed by atoms with Crippen LogP contribution in [0, 0.1) is 11.8 Å². The lowest BCUT2D eigenvalue weighted by Gasteiger charge is -2.27. The minimum Gasteiger partial charge on any atom is -0.445 e. The predicted octanol–water partition coefficient (Wildman–Crippen LogP) is 2.71. The van der Waals surface area contributed by atoms with Crippen molar-refractivity contribution in [1.82, 2.24) is 5.32 Å². The van der Waals surface area contributed by atoms with E-state index in [-0.39, 0.29) is 12.7 Å². The molecule has 1 amide bonds. The largest absolute Gasteiger partial charge is 0.445 e. The SMILES string of the molecule is O=C(NC[C@H]1CCC[C@@H](CO)C1)OCc1ccccc1. The average molecular weight is 277 g/mol. The molecule has 2 N–H and O–H groups in total. The molecule has 1 aromatic carbocycles. The summed E-state index contributed by atoms with van der Waals surface area (Å²) in [5.74, 6) is 0.862. The van der Waals surface area contributed by atoms with Gasteiger partial charge in [-0.15, -0.1) is 0 Å². The van der Waals surface area contributed by atoms with Crippen molar-refractivity contribution in [2.24, 2.45) is 11.8 Å². The van der Waals surface area contributed by atoms with Crippen molar-refractivity contribution in [3.63, 3.8) is 0 Å². The Morgan fingerprint density at radius 1 is 1.25 bits per heavy atom. The first-order chi connectivity index (χ1) is 9.78. The molecule has 0 bridgehead atoms. The smallest absolute Gasteiger partial charge is 0.407 e. The fraction of sp³-hybridized carbons (Fsp3) is 0.562. The van der Waals surface area contributed by atoms with Gasteiger partial charge < -0.3 is 15.2 Å². The van der Waals surface area contributed by atoms with Crippen molar-refractivity contribution in [3.8, 4) is 0 Å². The zero-order valence-corrected chi connectivity index (χ0v) is 11.8. The number of carbonyl (C=O) groups excluding carboxylic acids is 1. The van der Waals surface area contributed by atoms with E-state index in [0.717, 1.165) is 31.2 Å². The van der Waals surface area contributed by atoms with Crippen molar-refractivity contribution in [2.75, 3.05) is 13.2 Å². The van der Waals surface area contributed by atoms with Gasteiger partial charge in [-0.2, -0.15) is 0 Å². The normalized spacial score (nSPS) is 22.2. The van der Waals surface area contributed by atoms with Crippen molar-refractivity contribution < 1.29 is 14.6 Å². The van der Waals surface area contributed by atoms with Gasteiger partial charge in [0.2, 0.25) is 0 Å². The molecule has 0 aliphatic heterocycles. The molecule has 0 heterocycles. The summed E-state index contributed by atoms with van der Waals surface area (Å²) in [6.45, 7) is 1.20.